The number of aryl methyl sites for hydroxylation is 1. The van der Waals surface area contributed by atoms with Gasteiger partial charge in [0.15, 0.2) is 0 Å². The average molecular weight is 248 g/mol. The summed E-state index contributed by atoms with van der Waals surface area (Å²) in [4.78, 5) is 0. The van der Waals surface area contributed by atoms with Crippen LogP contribution in [-0.2, 0) is 17.7 Å². The number of para-hydroxylation sites is 1. The van der Waals surface area contributed by atoms with Gasteiger partial charge in [0, 0.05) is 25.5 Å². The van der Waals surface area contributed by atoms with Gasteiger partial charge < -0.3 is 9.84 Å². The van der Waals surface area contributed by atoms with Crippen molar-refractivity contribution in [3.63, 3.8) is 0 Å². The summed E-state index contributed by atoms with van der Waals surface area (Å²) in [5, 5.41) is 15.9. The molecule has 2 aromatic rings. The highest BCUT2D eigenvalue weighted by Gasteiger charge is 2.24. The van der Waals surface area contributed by atoms with Gasteiger partial charge in [-0.1, -0.05) is 18.2 Å². The molecule has 18 heavy (non-hydrogen) atoms. The van der Waals surface area contributed by atoms with Crippen molar-refractivity contribution in [2.75, 3.05) is 13.7 Å². The number of rotatable bonds is 5. The Bertz CT molecular complexity index is 532. The van der Waals surface area contributed by atoms with Gasteiger partial charge in [-0.05, 0) is 19.9 Å². The molecule has 0 aliphatic heterocycles. The molecule has 0 aliphatic rings. The van der Waals surface area contributed by atoms with Crippen LogP contribution in [0.25, 0.3) is 10.9 Å². The highest BCUT2D eigenvalue weighted by Crippen LogP contribution is 2.22. The molecular weight excluding hydrogens is 228 g/mol. The van der Waals surface area contributed by atoms with Gasteiger partial charge in [0.2, 0.25) is 0 Å². The van der Waals surface area contributed by atoms with E-state index in [1.165, 1.54) is 0 Å². The van der Waals surface area contributed by atoms with Gasteiger partial charge >= 0.3 is 0 Å². The van der Waals surface area contributed by atoms with Crippen molar-refractivity contribution in [1.29, 1.82) is 0 Å². The van der Waals surface area contributed by atoms with Crippen LogP contribution < -0.4 is 0 Å². The van der Waals surface area contributed by atoms with Crippen LogP contribution in [0.4, 0.5) is 0 Å². The Morgan fingerprint density at radius 2 is 2.11 bits per heavy atom. The predicted molar refractivity (Wildman–Crippen MR) is 71.6 cm³/mol. The molecule has 0 bridgehead atoms. The number of hydrogen-bond donors (Lipinski definition) is 1. The van der Waals surface area contributed by atoms with Crippen molar-refractivity contribution in [3.8, 4) is 0 Å². The second-order valence-corrected chi connectivity index (χ2v) is 4.89. The summed E-state index contributed by atoms with van der Waals surface area (Å²) in [5.41, 5.74) is 1.16. The molecule has 0 saturated carbocycles. The van der Waals surface area contributed by atoms with E-state index in [2.05, 4.69) is 18.1 Å². The standard InChI is InChI=1S/C14H20N2O2/c1-4-16-13-8-6-5-7-11(13)12(15-16)9-14(2,17)10-18-3/h5-8,17H,4,9-10H2,1-3H3. The van der Waals surface area contributed by atoms with Gasteiger partial charge in [0.05, 0.1) is 23.4 Å². The van der Waals surface area contributed by atoms with Crippen LogP contribution in [-0.4, -0.2) is 34.2 Å². The quantitative estimate of drug-likeness (QED) is 0.880. The largest absolute Gasteiger partial charge is 0.387 e. The summed E-state index contributed by atoms with van der Waals surface area (Å²) in [7, 11) is 1.59. The first-order chi connectivity index (χ1) is 8.57. The number of nitrogens with zero attached hydrogens (tertiary/aromatic N) is 2. The molecule has 0 saturated heterocycles. The summed E-state index contributed by atoms with van der Waals surface area (Å²) in [5.74, 6) is 0. The lowest BCUT2D eigenvalue weighted by Crippen LogP contribution is -2.33. The Labute approximate surface area is 107 Å². The third kappa shape index (κ3) is 2.54. The van der Waals surface area contributed by atoms with E-state index in [0.29, 0.717) is 13.0 Å². The molecule has 0 fully saturated rings. The number of benzene rings is 1. The lowest BCUT2D eigenvalue weighted by Gasteiger charge is -2.20. The highest BCUT2D eigenvalue weighted by molar-refractivity contribution is 5.82. The van der Waals surface area contributed by atoms with E-state index < -0.39 is 5.60 Å². The predicted octanol–water partition coefficient (Wildman–Crippen LogP) is 2.00. The van der Waals surface area contributed by atoms with Crippen LogP contribution >= 0.6 is 0 Å². The second kappa shape index (κ2) is 5.08. The van der Waals surface area contributed by atoms with E-state index in [-0.39, 0.29) is 0 Å². The average Bonchev–Trinajstić information content (AvgIpc) is 2.67. The van der Waals surface area contributed by atoms with E-state index >= 15 is 0 Å². The van der Waals surface area contributed by atoms with Gasteiger partial charge in [-0.3, -0.25) is 4.68 Å². The summed E-state index contributed by atoms with van der Waals surface area (Å²) in [6.45, 7) is 4.97. The lowest BCUT2D eigenvalue weighted by molar-refractivity contribution is -0.0166. The molecule has 4 heteroatoms. The van der Waals surface area contributed by atoms with Crippen LogP contribution in [0.3, 0.4) is 0 Å². The SMILES string of the molecule is CCn1nc(CC(C)(O)COC)c2ccccc21. The zero-order valence-corrected chi connectivity index (χ0v) is 11.2. The van der Waals surface area contributed by atoms with E-state index in [4.69, 9.17) is 4.74 Å². The van der Waals surface area contributed by atoms with Crippen molar-refractivity contribution in [2.24, 2.45) is 0 Å². The fourth-order valence-corrected chi connectivity index (χ4v) is 2.29. The fourth-order valence-electron chi connectivity index (χ4n) is 2.29. The van der Waals surface area contributed by atoms with Gasteiger partial charge in [0.25, 0.3) is 0 Å². The third-order valence-corrected chi connectivity index (χ3v) is 3.04. The van der Waals surface area contributed by atoms with Gasteiger partial charge in [-0.25, -0.2) is 0 Å². The Hall–Kier alpha value is -1.39. The maximum atomic E-state index is 10.2. The van der Waals surface area contributed by atoms with Crippen LogP contribution in [0.2, 0.25) is 0 Å². The zero-order chi connectivity index (χ0) is 13.2. The monoisotopic (exact) mass is 248 g/mol. The number of methoxy groups -OCH3 is 1. The first kappa shape index (κ1) is 13.1. The molecule has 0 radical (unpaired) electrons. The van der Waals surface area contributed by atoms with Crippen LogP contribution in [0, 0.1) is 0 Å². The van der Waals surface area contributed by atoms with Crippen molar-refractivity contribution in [2.45, 2.75) is 32.4 Å². The van der Waals surface area contributed by atoms with Gasteiger partial charge in [0.1, 0.15) is 0 Å². The molecule has 1 N–H and O–H groups in total. The van der Waals surface area contributed by atoms with Gasteiger partial charge in [-0.2, -0.15) is 5.10 Å². The molecule has 1 atom stereocenters. The Balaban J connectivity index is 2.39. The molecule has 1 heterocycles. The number of aliphatic hydroxyl groups is 1. The minimum absolute atomic E-state index is 0.306. The Kier molecular flexibility index (Phi) is 3.68. The smallest absolute Gasteiger partial charge is 0.0908 e. The molecule has 4 nitrogen and oxygen atoms in total. The fraction of sp³-hybridized carbons (Fsp3) is 0.500. The minimum Gasteiger partial charge on any atom is -0.387 e. The lowest BCUT2D eigenvalue weighted by atomic mass is 9.99. The molecule has 1 aromatic carbocycles. The van der Waals surface area contributed by atoms with E-state index in [1.54, 1.807) is 14.0 Å². The molecule has 0 spiro atoms. The third-order valence-electron chi connectivity index (χ3n) is 3.04. The minimum atomic E-state index is -0.884. The molecule has 0 amide bonds. The molecule has 0 aliphatic carbocycles. The van der Waals surface area contributed by atoms with Crippen molar-refractivity contribution in [1.82, 2.24) is 9.78 Å². The number of hydrogen-bond acceptors (Lipinski definition) is 3. The maximum absolute atomic E-state index is 10.2. The Morgan fingerprint density at radius 3 is 2.78 bits per heavy atom. The van der Waals surface area contributed by atoms with Crippen LogP contribution in [0.1, 0.15) is 19.5 Å². The molecule has 2 rings (SSSR count). The molecule has 1 aromatic heterocycles. The summed E-state index contributed by atoms with van der Waals surface area (Å²) < 4.78 is 7.01. The first-order valence-electron chi connectivity index (χ1n) is 6.23. The van der Waals surface area contributed by atoms with Crippen LogP contribution in [0.15, 0.2) is 24.3 Å². The zero-order valence-electron chi connectivity index (χ0n) is 11.2. The topological polar surface area (TPSA) is 47.3 Å². The molecule has 1 unspecified atom stereocenters. The van der Waals surface area contributed by atoms with E-state index in [0.717, 1.165) is 23.1 Å². The first-order valence-corrected chi connectivity index (χ1v) is 6.23. The molecular formula is C14H20N2O2. The van der Waals surface area contributed by atoms with Gasteiger partial charge in [-0.15, -0.1) is 0 Å². The highest BCUT2D eigenvalue weighted by atomic mass is 16.5. The Morgan fingerprint density at radius 1 is 1.39 bits per heavy atom. The summed E-state index contributed by atoms with van der Waals surface area (Å²) in [6.07, 6.45) is 0.494. The van der Waals surface area contributed by atoms with Crippen molar-refractivity contribution < 1.29 is 9.84 Å². The second-order valence-electron chi connectivity index (χ2n) is 4.89. The van der Waals surface area contributed by atoms with Crippen molar-refractivity contribution >= 4 is 10.9 Å². The number of aromatic nitrogens is 2. The number of ether oxygens (including phenoxy) is 1. The summed E-state index contributed by atoms with van der Waals surface area (Å²) in [6, 6.07) is 8.11. The maximum Gasteiger partial charge on any atom is 0.0908 e. The van der Waals surface area contributed by atoms with E-state index in [9.17, 15) is 5.11 Å². The normalized spacial score (nSPS) is 14.9. The van der Waals surface area contributed by atoms with E-state index in [1.807, 2.05) is 22.9 Å². The summed E-state index contributed by atoms with van der Waals surface area (Å²) >= 11 is 0. The van der Waals surface area contributed by atoms with Crippen molar-refractivity contribution in [3.05, 3.63) is 30.0 Å². The molecule has 98 valence electrons. The number of fused-ring (bicyclic) bond motifs is 1. The van der Waals surface area contributed by atoms with Crippen LogP contribution in [0.5, 0.6) is 0 Å².